The van der Waals surface area contributed by atoms with E-state index in [-0.39, 0.29) is 28.3 Å². The molecule has 1 N–H and O–H groups in total. The number of piperidine rings is 1. The van der Waals surface area contributed by atoms with Crippen LogP contribution in [-0.2, 0) is 6.18 Å². The van der Waals surface area contributed by atoms with E-state index in [2.05, 4.69) is 20.2 Å². The zero-order valence-corrected chi connectivity index (χ0v) is 17.9. The number of aromatic nitrogens is 2. The molecule has 176 valence electrons. The van der Waals surface area contributed by atoms with Crippen molar-refractivity contribution < 1.29 is 22.9 Å². The van der Waals surface area contributed by atoms with Gasteiger partial charge in [-0.1, -0.05) is 12.1 Å². The molecule has 0 aliphatic carbocycles. The minimum absolute atomic E-state index is 0.0437. The maximum atomic E-state index is 12.9. The molecule has 0 spiro atoms. The number of nitro groups is 1. The number of benzene rings is 2. The van der Waals surface area contributed by atoms with Crippen LogP contribution in [0.15, 0.2) is 54.9 Å². The first kappa shape index (κ1) is 23.1. The summed E-state index contributed by atoms with van der Waals surface area (Å²) >= 11 is 0. The highest BCUT2D eigenvalue weighted by Crippen LogP contribution is 2.32. The topological polar surface area (TPSA) is 101 Å². The van der Waals surface area contributed by atoms with Crippen molar-refractivity contribution in [3.63, 3.8) is 0 Å². The van der Waals surface area contributed by atoms with Gasteiger partial charge in [0.05, 0.1) is 28.6 Å². The molecule has 4 rings (SSSR count). The van der Waals surface area contributed by atoms with E-state index in [4.69, 9.17) is 0 Å². The van der Waals surface area contributed by atoms with Gasteiger partial charge in [0.1, 0.15) is 5.56 Å². The average Bonchev–Trinajstić information content (AvgIpc) is 2.84. The Morgan fingerprint density at radius 3 is 2.38 bits per heavy atom. The first-order valence-electron chi connectivity index (χ1n) is 10.6. The normalized spacial score (nSPS) is 14.0. The molecule has 1 fully saturated rings. The van der Waals surface area contributed by atoms with Gasteiger partial charge in [-0.3, -0.25) is 14.9 Å². The van der Waals surface area contributed by atoms with Gasteiger partial charge in [-0.15, -0.1) is 0 Å². The van der Waals surface area contributed by atoms with Gasteiger partial charge >= 0.3 is 6.18 Å². The number of anilines is 2. The average molecular weight is 471 g/mol. The van der Waals surface area contributed by atoms with E-state index < -0.39 is 22.6 Å². The highest BCUT2D eigenvalue weighted by molar-refractivity contribution is 6.07. The summed E-state index contributed by atoms with van der Waals surface area (Å²) < 4.78 is 38.8. The lowest BCUT2D eigenvalue weighted by molar-refractivity contribution is -0.385. The van der Waals surface area contributed by atoms with Crippen molar-refractivity contribution in [3.8, 4) is 11.4 Å². The van der Waals surface area contributed by atoms with Crippen LogP contribution in [0.25, 0.3) is 11.4 Å². The van der Waals surface area contributed by atoms with Crippen LogP contribution in [0.5, 0.6) is 0 Å². The highest BCUT2D eigenvalue weighted by atomic mass is 19.4. The summed E-state index contributed by atoms with van der Waals surface area (Å²) in [5.41, 5.74) is -0.218. The Balaban J connectivity index is 1.55. The van der Waals surface area contributed by atoms with E-state index in [0.717, 1.165) is 50.2 Å². The largest absolute Gasteiger partial charge is 0.416 e. The van der Waals surface area contributed by atoms with Crippen LogP contribution < -0.4 is 10.2 Å². The number of alkyl halides is 3. The molecular weight excluding hydrogens is 451 g/mol. The van der Waals surface area contributed by atoms with Gasteiger partial charge < -0.3 is 10.2 Å². The van der Waals surface area contributed by atoms with Gasteiger partial charge in [-0.05, 0) is 43.5 Å². The van der Waals surface area contributed by atoms with Crippen LogP contribution in [0.1, 0.15) is 35.2 Å². The molecule has 1 saturated heterocycles. The van der Waals surface area contributed by atoms with E-state index in [1.165, 1.54) is 36.7 Å². The quantitative estimate of drug-likeness (QED) is 0.400. The van der Waals surface area contributed by atoms with Gasteiger partial charge in [0.2, 0.25) is 0 Å². The minimum atomic E-state index is -4.50. The number of halogens is 3. The summed E-state index contributed by atoms with van der Waals surface area (Å²) in [5.74, 6) is -0.664. The maximum absolute atomic E-state index is 12.9. The second-order valence-corrected chi connectivity index (χ2v) is 7.83. The van der Waals surface area contributed by atoms with Crippen molar-refractivity contribution in [2.45, 2.75) is 25.4 Å². The van der Waals surface area contributed by atoms with Crippen LogP contribution in [0.3, 0.4) is 0 Å². The SMILES string of the molecule is O=C(Nc1cnc(-c2cccc(C(F)(F)F)c2)nc1)c1cc(N2CCCCC2)ccc1[N+](=O)[O-]. The fourth-order valence-corrected chi connectivity index (χ4v) is 3.79. The number of nitrogens with zero attached hydrogens (tertiary/aromatic N) is 4. The maximum Gasteiger partial charge on any atom is 0.416 e. The number of hydrogen-bond acceptors (Lipinski definition) is 6. The Morgan fingerprint density at radius 1 is 1.03 bits per heavy atom. The number of rotatable bonds is 5. The van der Waals surface area contributed by atoms with E-state index in [9.17, 15) is 28.1 Å². The molecule has 11 heteroatoms. The summed E-state index contributed by atoms with van der Waals surface area (Å²) in [6, 6.07) is 9.02. The molecule has 1 aliphatic rings. The van der Waals surface area contributed by atoms with E-state index in [0.29, 0.717) is 0 Å². The van der Waals surface area contributed by atoms with Crippen molar-refractivity contribution in [2.24, 2.45) is 0 Å². The monoisotopic (exact) mass is 471 g/mol. The molecule has 1 amide bonds. The predicted molar refractivity (Wildman–Crippen MR) is 120 cm³/mol. The first-order chi connectivity index (χ1) is 16.2. The molecule has 2 heterocycles. The first-order valence-corrected chi connectivity index (χ1v) is 10.6. The second-order valence-electron chi connectivity index (χ2n) is 7.83. The Kier molecular flexibility index (Phi) is 6.44. The van der Waals surface area contributed by atoms with E-state index >= 15 is 0 Å². The van der Waals surface area contributed by atoms with Crippen molar-refractivity contribution in [1.82, 2.24) is 9.97 Å². The molecule has 34 heavy (non-hydrogen) atoms. The third-order valence-electron chi connectivity index (χ3n) is 5.50. The Morgan fingerprint density at radius 2 is 1.74 bits per heavy atom. The van der Waals surface area contributed by atoms with Crippen LogP contribution in [0, 0.1) is 10.1 Å². The predicted octanol–water partition coefficient (Wildman–Crippen LogP) is 5.31. The Hall–Kier alpha value is -4.02. The van der Waals surface area contributed by atoms with Crippen LogP contribution in [0.4, 0.5) is 30.2 Å². The van der Waals surface area contributed by atoms with Gasteiger partial charge in [0.25, 0.3) is 11.6 Å². The molecule has 0 unspecified atom stereocenters. The Labute approximate surface area is 192 Å². The fourth-order valence-electron chi connectivity index (χ4n) is 3.79. The van der Waals surface area contributed by atoms with Gasteiger partial charge in [0, 0.05) is 30.4 Å². The molecule has 2 aromatic carbocycles. The van der Waals surface area contributed by atoms with E-state index in [1.54, 1.807) is 6.07 Å². The summed E-state index contributed by atoms with van der Waals surface area (Å²) in [7, 11) is 0. The standard InChI is InChI=1S/C23H20F3N5O3/c24-23(25,26)16-6-4-5-15(11-16)21-27-13-17(14-28-21)29-22(32)19-12-18(7-8-20(19)31(33)34)30-9-2-1-3-10-30/h4-8,11-14H,1-3,9-10H2,(H,29,32). The van der Waals surface area contributed by atoms with Gasteiger partial charge in [0.15, 0.2) is 5.82 Å². The lowest BCUT2D eigenvalue weighted by Gasteiger charge is -2.29. The molecule has 8 nitrogen and oxygen atoms in total. The molecule has 0 atom stereocenters. The van der Waals surface area contributed by atoms with Crippen LogP contribution in [-0.4, -0.2) is 33.9 Å². The van der Waals surface area contributed by atoms with Gasteiger partial charge in [-0.25, -0.2) is 9.97 Å². The number of carbonyl (C=O) groups is 1. The van der Waals surface area contributed by atoms with Crippen molar-refractivity contribution in [3.05, 3.63) is 76.1 Å². The zero-order valence-electron chi connectivity index (χ0n) is 17.9. The lowest BCUT2D eigenvalue weighted by atomic mass is 10.1. The molecule has 0 bridgehead atoms. The van der Waals surface area contributed by atoms with Crippen LogP contribution in [0.2, 0.25) is 0 Å². The van der Waals surface area contributed by atoms with Crippen molar-refractivity contribution >= 4 is 23.0 Å². The third-order valence-corrected chi connectivity index (χ3v) is 5.50. The Bertz CT molecular complexity index is 1210. The summed E-state index contributed by atoms with van der Waals surface area (Å²) in [5, 5.41) is 14.0. The molecular formula is C23H20F3N5O3. The number of nitrogens with one attached hydrogen (secondary N) is 1. The summed E-state index contributed by atoms with van der Waals surface area (Å²) in [6.07, 6.45) is 1.11. The lowest BCUT2D eigenvalue weighted by Crippen LogP contribution is -2.29. The number of hydrogen-bond donors (Lipinski definition) is 1. The van der Waals surface area contributed by atoms with Crippen LogP contribution >= 0.6 is 0 Å². The number of carbonyl (C=O) groups excluding carboxylic acids is 1. The summed E-state index contributed by atoms with van der Waals surface area (Å²) in [4.78, 5) is 33.9. The number of amides is 1. The van der Waals surface area contributed by atoms with Crippen molar-refractivity contribution in [1.29, 1.82) is 0 Å². The third kappa shape index (κ3) is 5.13. The van der Waals surface area contributed by atoms with Crippen molar-refractivity contribution in [2.75, 3.05) is 23.3 Å². The van der Waals surface area contributed by atoms with Gasteiger partial charge in [-0.2, -0.15) is 13.2 Å². The molecule has 3 aromatic rings. The second kappa shape index (κ2) is 9.46. The fraction of sp³-hybridized carbons (Fsp3) is 0.261. The molecule has 1 aromatic heterocycles. The molecule has 0 radical (unpaired) electrons. The smallest absolute Gasteiger partial charge is 0.372 e. The molecule has 0 saturated carbocycles. The molecule has 1 aliphatic heterocycles. The van der Waals surface area contributed by atoms with E-state index in [1.807, 2.05) is 0 Å². The number of nitro benzene ring substituents is 1. The zero-order chi connectivity index (χ0) is 24.3. The highest BCUT2D eigenvalue weighted by Gasteiger charge is 2.30. The minimum Gasteiger partial charge on any atom is -0.372 e. The summed E-state index contributed by atoms with van der Waals surface area (Å²) in [6.45, 7) is 1.62.